The number of rotatable bonds is 7. The lowest BCUT2D eigenvalue weighted by Crippen LogP contribution is -2.14. The van der Waals surface area contributed by atoms with E-state index in [0.717, 1.165) is 16.9 Å². The number of aromatic nitrogens is 3. The Bertz CT molecular complexity index is 1200. The van der Waals surface area contributed by atoms with Crippen LogP contribution in [0.1, 0.15) is 15.9 Å². The molecule has 0 amide bonds. The van der Waals surface area contributed by atoms with Gasteiger partial charge in [-0.2, -0.15) is 9.67 Å². The summed E-state index contributed by atoms with van der Waals surface area (Å²) in [7, 11) is 1.62. The van der Waals surface area contributed by atoms with Gasteiger partial charge in [0.1, 0.15) is 5.75 Å². The second-order valence-corrected chi connectivity index (χ2v) is 6.95. The molecule has 4 aromatic rings. The number of allylic oxidation sites excluding steroid dienone is 1. The Balaban J connectivity index is 1.59. The van der Waals surface area contributed by atoms with E-state index in [1.807, 2.05) is 42.5 Å². The summed E-state index contributed by atoms with van der Waals surface area (Å²) in [6.45, 7) is 0.446. The van der Waals surface area contributed by atoms with E-state index >= 15 is 0 Å². The van der Waals surface area contributed by atoms with Gasteiger partial charge in [0.05, 0.1) is 13.4 Å². The topological polar surface area (TPSA) is 82.2 Å². The molecule has 4 rings (SSSR count). The first-order valence-corrected chi connectivity index (χ1v) is 9.86. The molecule has 31 heavy (non-hydrogen) atoms. The fourth-order valence-corrected chi connectivity index (χ4v) is 3.06. The number of halogens is 1. The van der Waals surface area contributed by atoms with Crippen LogP contribution in [0.5, 0.6) is 5.75 Å². The molecular weight excluding hydrogens is 416 g/mol. The highest BCUT2D eigenvalue weighted by atomic mass is 35.5. The zero-order valence-electron chi connectivity index (χ0n) is 16.7. The molecule has 0 spiro atoms. The van der Waals surface area contributed by atoms with Gasteiger partial charge in [0.25, 0.3) is 5.91 Å². The van der Waals surface area contributed by atoms with Gasteiger partial charge in [0.2, 0.25) is 11.8 Å². The standard InChI is InChI=1S/C23H19ClN4O3/c1-30-18-11-8-16(9-12-18)15-25-23-26-22(20-7-4-14-31-20)27-28(23)21(29)13-10-17-5-2-3-6-19(17)24/h2-14H,15H2,1H3,(H,25,26,27). The van der Waals surface area contributed by atoms with Crippen LogP contribution >= 0.6 is 11.6 Å². The SMILES string of the molecule is COc1ccc(CNc2nc(-c3ccco3)nn2C(=O)C=Cc2ccccc2Cl)cc1. The van der Waals surface area contributed by atoms with Crippen LogP contribution in [-0.2, 0) is 6.54 Å². The highest BCUT2D eigenvalue weighted by molar-refractivity contribution is 6.32. The van der Waals surface area contributed by atoms with Crippen molar-refractivity contribution >= 4 is 29.5 Å². The van der Waals surface area contributed by atoms with E-state index in [4.69, 9.17) is 20.8 Å². The summed E-state index contributed by atoms with van der Waals surface area (Å²) < 4.78 is 11.8. The molecule has 0 aliphatic heterocycles. The van der Waals surface area contributed by atoms with Gasteiger partial charge in [-0.25, -0.2) is 0 Å². The van der Waals surface area contributed by atoms with E-state index < -0.39 is 0 Å². The summed E-state index contributed by atoms with van der Waals surface area (Å²) in [5, 5.41) is 8.04. The maximum atomic E-state index is 12.9. The molecule has 0 radical (unpaired) electrons. The maximum absolute atomic E-state index is 12.9. The van der Waals surface area contributed by atoms with E-state index in [-0.39, 0.29) is 5.91 Å². The third-order valence-corrected chi connectivity index (χ3v) is 4.82. The number of nitrogens with zero attached hydrogens (tertiary/aromatic N) is 3. The zero-order valence-corrected chi connectivity index (χ0v) is 17.4. The molecule has 1 N–H and O–H groups in total. The smallest absolute Gasteiger partial charge is 0.274 e. The average molecular weight is 435 g/mol. The minimum Gasteiger partial charge on any atom is -0.497 e. The molecule has 0 atom stereocenters. The van der Waals surface area contributed by atoms with Crippen molar-refractivity contribution in [3.8, 4) is 17.3 Å². The monoisotopic (exact) mass is 434 g/mol. The number of hydrogen-bond donors (Lipinski definition) is 1. The van der Waals surface area contributed by atoms with E-state index in [0.29, 0.717) is 29.1 Å². The number of hydrogen-bond acceptors (Lipinski definition) is 6. The highest BCUT2D eigenvalue weighted by Crippen LogP contribution is 2.20. The average Bonchev–Trinajstić information content (AvgIpc) is 3.47. The van der Waals surface area contributed by atoms with Crippen molar-refractivity contribution in [3.05, 3.63) is 89.2 Å². The molecule has 0 aliphatic rings. The Kier molecular flexibility index (Phi) is 6.14. The van der Waals surface area contributed by atoms with Crippen LogP contribution in [0.4, 0.5) is 5.95 Å². The van der Waals surface area contributed by atoms with Crippen LogP contribution in [0.3, 0.4) is 0 Å². The van der Waals surface area contributed by atoms with E-state index in [9.17, 15) is 4.79 Å². The summed E-state index contributed by atoms with van der Waals surface area (Å²) in [6.07, 6.45) is 4.58. The third-order valence-electron chi connectivity index (χ3n) is 4.48. The Labute approximate surface area is 183 Å². The van der Waals surface area contributed by atoms with Crippen LogP contribution in [0, 0.1) is 0 Å². The molecule has 2 aromatic heterocycles. The summed E-state index contributed by atoms with van der Waals surface area (Å²) in [5.74, 6) is 1.47. The molecule has 2 heterocycles. The molecular formula is C23H19ClN4O3. The molecule has 7 nitrogen and oxygen atoms in total. The molecule has 8 heteroatoms. The minimum atomic E-state index is -0.373. The number of nitrogens with one attached hydrogen (secondary N) is 1. The fraction of sp³-hybridized carbons (Fsp3) is 0.0870. The predicted octanol–water partition coefficient (Wildman–Crippen LogP) is 5.17. The Morgan fingerprint density at radius 1 is 1.16 bits per heavy atom. The van der Waals surface area contributed by atoms with Crippen molar-refractivity contribution in [1.29, 1.82) is 0 Å². The number of anilines is 1. The van der Waals surface area contributed by atoms with Crippen LogP contribution in [0.25, 0.3) is 17.7 Å². The van der Waals surface area contributed by atoms with E-state index in [1.165, 1.54) is 17.0 Å². The second kappa shape index (κ2) is 9.32. The first-order valence-electron chi connectivity index (χ1n) is 9.49. The molecule has 0 saturated carbocycles. The van der Waals surface area contributed by atoms with E-state index in [2.05, 4.69) is 15.4 Å². The van der Waals surface area contributed by atoms with Crippen molar-refractivity contribution in [1.82, 2.24) is 14.8 Å². The molecule has 2 aromatic carbocycles. The largest absolute Gasteiger partial charge is 0.497 e. The Hall–Kier alpha value is -3.84. The van der Waals surface area contributed by atoms with Crippen molar-refractivity contribution in [2.75, 3.05) is 12.4 Å². The first-order chi connectivity index (χ1) is 15.1. The van der Waals surface area contributed by atoms with Crippen LogP contribution in [0.15, 0.2) is 77.4 Å². The van der Waals surface area contributed by atoms with Crippen molar-refractivity contribution in [2.45, 2.75) is 6.54 Å². The summed E-state index contributed by atoms with van der Waals surface area (Å²) >= 11 is 6.16. The lowest BCUT2D eigenvalue weighted by Gasteiger charge is -2.07. The van der Waals surface area contributed by atoms with Gasteiger partial charge in [-0.05, 0) is 47.5 Å². The van der Waals surface area contributed by atoms with Gasteiger partial charge >= 0.3 is 0 Å². The van der Waals surface area contributed by atoms with E-state index in [1.54, 1.807) is 31.4 Å². The molecule has 0 saturated heterocycles. The second-order valence-electron chi connectivity index (χ2n) is 6.54. The van der Waals surface area contributed by atoms with Crippen LogP contribution < -0.4 is 10.1 Å². The van der Waals surface area contributed by atoms with Crippen LogP contribution in [0.2, 0.25) is 5.02 Å². The Morgan fingerprint density at radius 2 is 1.97 bits per heavy atom. The Morgan fingerprint density at radius 3 is 2.68 bits per heavy atom. The maximum Gasteiger partial charge on any atom is 0.274 e. The lowest BCUT2D eigenvalue weighted by molar-refractivity contribution is 0.0957. The number of ether oxygens (including phenoxy) is 1. The molecule has 0 aliphatic carbocycles. The lowest BCUT2D eigenvalue weighted by atomic mass is 10.2. The fourth-order valence-electron chi connectivity index (χ4n) is 2.86. The normalized spacial score (nSPS) is 11.0. The number of benzene rings is 2. The molecule has 156 valence electrons. The summed E-state index contributed by atoms with van der Waals surface area (Å²) in [6, 6.07) is 18.3. The van der Waals surface area contributed by atoms with Gasteiger partial charge < -0.3 is 14.5 Å². The van der Waals surface area contributed by atoms with Crippen molar-refractivity contribution < 1.29 is 13.9 Å². The van der Waals surface area contributed by atoms with Gasteiger partial charge in [-0.3, -0.25) is 4.79 Å². The minimum absolute atomic E-state index is 0.302. The zero-order chi connectivity index (χ0) is 21.6. The van der Waals surface area contributed by atoms with Gasteiger partial charge in [-0.15, -0.1) is 5.10 Å². The predicted molar refractivity (Wildman–Crippen MR) is 119 cm³/mol. The van der Waals surface area contributed by atoms with Gasteiger partial charge in [0.15, 0.2) is 5.76 Å². The number of carbonyl (C=O) groups is 1. The number of carbonyl (C=O) groups excluding carboxylic acids is 1. The highest BCUT2D eigenvalue weighted by Gasteiger charge is 2.17. The van der Waals surface area contributed by atoms with Gasteiger partial charge in [0, 0.05) is 17.6 Å². The van der Waals surface area contributed by atoms with Crippen LogP contribution in [-0.4, -0.2) is 27.8 Å². The third kappa shape index (κ3) is 4.84. The molecule has 0 bridgehead atoms. The number of methoxy groups -OCH3 is 1. The molecule has 0 unspecified atom stereocenters. The quantitative estimate of drug-likeness (QED) is 0.404. The summed E-state index contributed by atoms with van der Waals surface area (Å²) in [5.41, 5.74) is 1.73. The van der Waals surface area contributed by atoms with Gasteiger partial charge in [-0.1, -0.05) is 41.9 Å². The van der Waals surface area contributed by atoms with Crippen molar-refractivity contribution in [2.24, 2.45) is 0 Å². The molecule has 0 fully saturated rings. The van der Waals surface area contributed by atoms with Crippen molar-refractivity contribution in [3.63, 3.8) is 0 Å². The summed E-state index contributed by atoms with van der Waals surface area (Å²) in [4.78, 5) is 17.3. The first kappa shape index (κ1) is 20.4. The number of furan rings is 1.